The van der Waals surface area contributed by atoms with Crippen molar-refractivity contribution in [3.8, 4) is 6.07 Å². The van der Waals surface area contributed by atoms with Crippen LogP contribution in [-0.4, -0.2) is 41.5 Å². The number of halogens is 4. The number of primary amides is 2. The van der Waals surface area contributed by atoms with Crippen molar-refractivity contribution in [2.45, 2.75) is 50.6 Å². The van der Waals surface area contributed by atoms with Crippen LogP contribution >= 0.6 is 23.2 Å². The summed E-state index contributed by atoms with van der Waals surface area (Å²) in [6.07, 6.45) is 0.0316. The van der Waals surface area contributed by atoms with E-state index in [0.29, 0.717) is 0 Å². The van der Waals surface area contributed by atoms with E-state index < -0.39 is 65.0 Å². The summed E-state index contributed by atoms with van der Waals surface area (Å²) in [5.74, 6) is -5.64. The molecule has 1 heterocycles. The van der Waals surface area contributed by atoms with Crippen LogP contribution in [0.5, 0.6) is 0 Å². The number of hydrogen-bond acceptors (Lipinski definition) is 5. The molecule has 0 aliphatic carbocycles. The Labute approximate surface area is 228 Å². The maximum atomic E-state index is 15.7. The number of nitrogens with zero attached hydrogens (tertiary/aromatic N) is 2. The molecule has 12 heteroatoms. The molecule has 0 unspecified atom stereocenters. The van der Waals surface area contributed by atoms with Gasteiger partial charge >= 0.3 is 12.0 Å². The van der Waals surface area contributed by atoms with Crippen molar-refractivity contribution in [3.63, 3.8) is 0 Å². The van der Waals surface area contributed by atoms with E-state index in [2.05, 4.69) is 6.07 Å². The number of likely N-dealkylation sites (tertiary alicyclic amines) is 1. The quantitative estimate of drug-likeness (QED) is 0.498. The molecule has 1 aliphatic rings. The Balaban J connectivity index is 2.49. The topological polar surface area (TPSA) is 140 Å². The molecule has 3 amide bonds. The van der Waals surface area contributed by atoms with Crippen LogP contribution in [0.2, 0.25) is 10.0 Å². The van der Waals surface area contributed by atoms with Gasteiger partial charge in [0.15, 0.2) is 6.61 Å². The molecule has 1 saturated heterocycles. The lowest BCUT2D eigenvalue weighted by atomic mass is 9.62. The number of esters is 1. The lowest BCUT2D eigenvalue weighted by Gasteiger charge is -2.38. The fourth-order valence-electron chi connectivity index (χ4n) is 5.19. The van der Waals surface area contributed by atoms with Gasteiger partial charge in [0.1, 0.15) is 23.1 Å². The Morgan fingerprint density at radius 2 is 1.82 bits per heavy atom. The molecule has 0 radical (unpaired) electrons. The second-order valence-corrected chi connectivity index (χ2v) is 11.1. The first-order valence-electron chi connectivity index (χ1n) is 11.5. The molecule has 0 spiro atoms. The number of carbonyl (C=O) groups is 3. The third-order valence-corrected chi connectivity index (χ3v) is 7.03. The Morgan fingerprint density at radius 1 is 1.16 bits per heavy atom. The summed E-state index contributed by atoms with van der Waals surface area (Å²) in [7, 11) is 0. The predicted octanol–water partition coefficient (Wildman–Crippen LogP) is 4.41. The molecule has 202 valence electrons. The smallest absolute Gasteiger partial charge is 0.330 e. The standard InChI is InChI=1S/C26H26Cl2F2N4O4/c1-25(2,3)10-18-26(12-31,15-8-7-13(27)9-17(15)29)20(14-5-4-6-16(28)21(14)30)22(34(18)24(33)37)23(36)38-11-19(32)35/h4-9,18,20,22H,10-11H2,1-3H3,(H2,32,35)(H2,33,37)/t18-,20-,22+,26-/m0/s1. The highest BCUT2D eigenvalue weighted by atomic mass is 35.5. The van der Waals surface area contributed by atoms with E-state index in [1.54, 1.807) is 20.8 Å². The molecule has 0 bridgehead atoms. The van der Waals surface area contributed by atoms with Crippen LogP contribution in [0.15, 0.2) is 36.4 Å². The number of ether oxygens (including phenoxy) is 1. The van der Waals surface area contributed by atoms with Gasteiger partial charge in [-0.05, 0) is 35.6 Å². The lowest BCUT2D eigenvalue weighted by molar-refractivity contribution is -0.152. The number of hydrogen-bond donors (Lipinski definition) is 2. The summed E-state index contributed by atoms with van der Waals surface area (Å²) < 4.78 is 36.3. The van der Waals surface area contributed by atoms with Crippen molar-refractivity contribution < 1.29 is 27.9 Å². The van der Waals surface area contributed by atoms with E-state index in [9.17, 15) is 19.6 Å². The maximum absolute atomic E-state index is 15.7. The number of nitriles is 1. The molecule has 3 rings (SSSR count). The van der Waals surface area contributed by atoms with E-state index in [1.165, 1.54) is 30.3 Å². The van der Waals surface area contributed by atoms with E-state index in [0.717, 1.165) is 11.0 Å². The number of urea groups is 1. The van der Waals surface area contributed by atoms with E-state index in [-0.39, 0.29) is 27.6 Å². The average Bonchev–Trinajstić information content (AvgIpc) is 3.08. The molecule has 2 aromatic rings. The van der Waals surface area contributed by atoms with Crippen LogP contribution in [0.4, 0.5) is 13.6 Å². The Kier molecular flexibility index (Phi) is 8.24. The first-order valence-corrected chi connectivity index (χ1v) is 12.2. The summed E-state index contributed by atoms with van der Waals surface area (Å²) in [6.45, 7) is 4.56. The average molecular weight is 567 g/mol. The SMILES string of the molecule is CC(C)(C)C[C@@H]1N(C(N)=O)[C@@H](C(=O)OCC(N)=O)[C@H](c2cccc(Cl)c2F)[C@@]1(C#N)c1ccc(Cl)cc1F. The largest absolute Gasteiger partial charge is 0.454 e. The highest BCUT2D eigenvalue weighted by Gasteiger charge is 2.66. The Bertz CT molecular complexity index is 1330. The Hall–Kier alpha value is -3.42. The Morgan fingerprint density at radius 3 is 2.34 bits per heavy atom. The zero-order chi connectivity index (χ0) is 28.6. The molecular formula is C26H26Cl2F2N4O4. The summed E-state index contributed by atoms with van der Waals surface area (Å²) in [6, 6.07) is 5.46. The molecule has 8 nitrogen and oxygen atoms in total. The summed E-state index contributed by atoms with van der Waals surface area (Å²) >= 11 is 12.0. The highest BCUT2D eigenvalue weighted by molar-refractivity contribution is 6.31. The minimum atomic E-state index is -2.08. The van der Waals surface area contributed by atoms with Gasteiger partial charge in [-0.1, -0.05) is 62.2 Å². The third-order valence-electron chi connectivity index (χ3n) is 6.50. The van der Waals surface area contributed by atoms with Crippen LogP contribution in [0.25, 0.3) is 0 Å². The van der Waals surface area contributed by atoms with Crippen LogP contribution in [0, 0.1) is 28.4 Å². The predicted molar refractivity (Wildman–Crippen MR) is 136 cm³/mol. The minimum Gasteiger partial charge on any atom is -0.454 e. The van der Waals surface area contributed by atoms with Gasteiger partial charge in [0, 0.05) is 16.5 Å². The molecule has 0 saturated carbocycles. The first kappa shape index (κ1) is 29.1. The van der Waals surface area contributed by atoms with Gasteiger partial charge in [-0.3, -0.25) is 4.79 Å². The third kappa shape index (κ3) is 5.26. The molecule has 2 aromatic carbocycles. The van der Waals surface area contributed by atoms with Gasteiger partial charge in [-0.25, -0.2) is 18.4 Å². The first-order chi connectivity index (χ1) is 17.7. The number of nitrogens with two attached hydrogens (primary N) is 2. The van der Waals surface area contributed by atoms with Crippen molar-refractivity contribution in [2.24, 2.45) is 16.9 Å². The monoisotopic (exact) mass is 566 g/mol. The lowest BCUT2D eigenvalue weighted by Crippen LogP contribution is -2.52. The molecule has 4 N–H and O–H groups in total. The zero-order valence-corrected chi connectivity index (χ0v) is 22.3. The highest BCUT2D eigenvalue weighted by Crippen LogP contribution is 2.56. The second-order valence-electron chi connectivity index (χ2n) is 10.3. The van der Waals surface area contributed by atoms with Crippen molar-refractivity contribution >= 4 is 41.1 Å². The molecule has 1 fully saturated rings. The summed E-state index contributed by atoms with van der Waals surface area (Å²) in [5, 5.41) is 10.5. The molecule has 38 heavy (non-hydrogen) atoms. The van der Waals surface area contributed by atoms with Crippen molar-refractivity contribution in [3.05, 3.63) is 69.2 Å². The van der Waals surface area contributed by atoms with Crippen molar-refractivity contribution in [1.82, 2.24) is 4.90 Å². The summed E-state index contributed by atoms with van der Waals surface area (Å²) in [4.78, 5) is 38.7. The molecular weight excluding hydrogens is 541 g/mol. The zero-order valence-electron chi connectivity index (χ0n) is 20.8. The van der Waals surface area contributed by atoms with Gasteiger partial charge in [0.05, 0.1) is 17.1 Å². The fourth-order valence-corrected chi connectivity index (χ4v) is 5.53. The number of carbonyl (C=O) groups excluding carboxylic acids is 3. The van der Waals surface area contributed by atoms with Gasteiger partial charge < -0.3 is 21.1 Å². The van der Waals surface area contributed by atoms with Gasteiger partial charge in [-0.15, -0.1) is 0 Å². The molecule has 1 aliphatic heterocycles. The van der Waals surface area contributed by atoms with Crippen LogP contribution < -0.4 is 11.5 Å². The minimum absolute atomic E-state index is 0.0272. The van der Waals surface area contributed by atoms with Crippen molar-refractivity contribution in [2.75, 3.05) is 6.61 Å². The number of rotatable bonds is 6. The molecule has 0 aromatic heterocycles. The maximum Gasteiger partial charge on any atom is 0.330 e. The van der Waals surface area contributed by atoms with E-state index in [1.807, 2.05) is 0 Å². The van der Waals surface area contributed by atoms with Crippen LogP contribution in [0.1, 0.15) is 44.2 Å². The van der Waals surface area contributed by atoms with Gasteiger partial charge in [0.25, 0.3) is 5.91 Å². The van der Waals surface area contributed by atoms with Gasteiger partial charge in [0.2, 0.25) is 0 Å². The summed E-state index contributed by atoms with van der Waals surface area (Å²) in [5.41, 5.74) is 7.71. The fraction of sp³-hybridized carbons (Fsp3) is 0.385. The molecule has 4 atom stereocenters. The van der Waals surface area contributed by atoms with Crippen molar-refractivity contribution in [1.29, 1.82) is 5.26 Å². The number of amides is 3. The number of benzene rings is 2. The van der Waals surface area contributed by atoms with Crippen LogP contribution in [-0.2, 0) is 19.7 Å². The van der Waals surface area contributed by atoms with E-state index in [4.69, 9.17) is 39.4 Å². The van der Waals surface area contributed by atoms with Gasteiger partial charge in [-0.2, -0.15) is 5.26 Å². The second kappa shape index (κ2) is 10.8. The van der Waals surface area contributed by atoms with Crippen LogP contribution in [0.3, 0.4) is 0 Å². The van der Waals surface area contributed by atoms with E-state index >= 15 is 8.78 Å². The normalized spacial score (nSPS) is 23.1.